The summed E-state index contributed by atoms with van der Waals surface area (Å²) in [6, 6.07) is 21.1. The van der Waals surface area contributed by atoms with E-state index in [-0.39, 0.29) is 0 Å². The number of rotatable bonds is 5. The summed E-state index contributed by atoms with van der Waals surface area (Å²) < 4.78 is 0. The van der Waals surface area contributed by atoms with Crippen LogP contribution in [0.3, 0.4) is 0 Å². The number of hydrazone groups is 1. The Labute approximate surface area is 145 Å². The van der Waals surface area contributed by atoms with Crippen molar-refractivity contribution in [1.29, 1.82) is 0 Å². The zero-order valence-corrected chi connectivity index (χ0v) is 13.4. The Morgan fingerprint density at radius 2 is 1.44 bits per heavy atom. The van der Waals surface area contributed by atoms with Crippen molar-refractivity contribution < 1.29 is 9.90 Å². The van der Waals surface area contributed by atoms with Gasteiger partial charge in [0.05, 0.1) is 6.21 Å². The summed E-state index contributed by atoms with van der Waals surface area (Å²) in [5.74, 6) is -0.629. The second-order valence-electron chi connectivity index (χ2n) is 5.42. The van der Waals surface area contributed by atoms with Crippen LogP contribution in [0, 0.1) is 0 Å². The van der Waals surface area contributed by atoms with Gasteiger partial charge in [0, 0.05) is 12.4 Å². The fourth-order valence-corrected chi connectivity index (χ4v) is 2.48. The second-order valence-corrected chi connectivity index (χ2v) is 5.42. The first-order valence-corrected chi connectivity index (χ1v) is 7.78. The molecule has 1 aromatic heterocycles. The zero-order valence-electron chi connectivity index (χ0n) is 13.4. The molecule has 0 aliphatic carbocycles. The van der Waals surface area contributed by atoms with Gasteiger partial charge in [-0.3, -0.25) is 9.78 Å². The van der Waals surface area contributed by atoms with Gasteiger partial charge in [-0.2, -0.15) is 5.10 Å². The van der Waals surface area contributed by atoms with Crippen LogP contribution in [-0.4, -0.2) is 22.2 Å². The maximum absolute atomic E-state index is 12.8. The highest BCUT2D eigenvalue weighted by Crippen LogP contribution is 2.29. The van der Waals surface area contributed by atoms with E-state index in [1.165, 1.54) is 6.21 Å². The molecule has 0 saturated heterocycles. The molecule has 0 atom stereocenters. The summed E-state index contributed by atoms with van der Waals surface area (Å²) in [4.78, 5) is 16.7. The third kappa shape index (κ3) is 3.62. The zero-order chi connectivity index (χ0) is 17.5. The highest BCUT2D eigenvalue weighted by Gasteiger charge is 2.39. The predicted octanol–water partition coefficient (Wildman–Crippen LogP) is 2.47. The molecule has 0 aliphatic rings. The Bertz CT molecular complexity index is 810. The monoisotopic (exact) mass is 331 g/mol. The lowest BCUT2D eigenvalue weighted by atomic mass is 9.85. The maximum atomic E-state index is 12.8. The molecule has 0 aliphatic heterocycles. The summed E-state index contributed by atoms with van der Waals surface area (Å²) in [5.41, 5.74) is 2.32. The Kier molecular flexibility index (Phi) is 4.97. The molecule has 5 nitrogen and oxygen atoms in total. The van der Waals surface area contributed by atoms with Crippen LogP contribution in [0.5, 0.6) is 0 Å². The van der Waals surface area contributed by atoms with Crippen LogP contribution in [0.25, 0.3) is 0 Å². The number of amides is 1. The van der Waals surface area contributed by atoms with Crippen LogP contribution in [-0.2, 0) is 10.4 Å². The lowest BCUT2D eigenvalue weighted by Crippen LogP contribution is -2.43. The van der Waals surface area contributed by atoms with Crippen molar-refractivity contribution in [2.75, 3.05) is 0 Å². The van der Waals surface area contributed by atoms with Crippen molar-refractivity contribution >= 4 is 12.1 Å². The van der Waals surface area contributed by atoms with Crippen LogP contribution in [0.2, 0.25) is 0 Å². The molecule has 124 valence electrons. The number of nitrogens with one attached hydrogen (secondary N) is 1. The summed E-state index contributed by atoms with van der Waals surface area (Å²) in [7, 11) is 0. The van der Waals surface area contributed by atoms with Crippen LogP contribution in [0.15, 0.2) is 90.3 Å². The van der Waals surface area contributed by atoms with Gasteiger partial charge in [-0.1, -0.05) is 60.7 Å². The first-order chi connectivity index (χ1) is 12.2. The smallest absolute Gasteiger partial charge is 0.281 e. The predicted molar refractivity (Wildman–Crippen MR) is 95.9 cm³/mol. The number of carbonyl (C=O) groups is 1. The maximum Gasteiger partial charge on any atom is 0.281 e. The molecule has 0 fully saturated rings. The summed E-state index contributed by atoms with van der Waals surface area (Å²) in [6.07, 6.45) is 4.76. The number of hydrogen-bond donors (Lipinski definition) is 2. The number of benzene rings is 2. The van der Waals surface area contributed by atoms with Crippen LogP contribution < -0.4 is 5.43 Å². The van der Waals surface area contributed by atoms with Crippen molar-refractivity contribution in [1.82, 2.24) is 10.4 Å². The number of hydrogen-bond acceptors (Lipinski definition) is 4. The molecular weight excluding hydrogens is 314 g/mol. The lowest BCUT2D eigenvalue weighted by molar-refractivity contribution is -0.136. The number of pyridine rings is 1. The van der Waals surface area contributed by atoms with Gasteiger partial charge in [0.1, 0.15) is 0 Å². The van der Waals surface area contributed by atoms with Gasteiger partial charge < -0.3 is 5.11 Å². The van der Waals surface area contributed by atoms with E-state index in [0.29, 0.717) is 11.1 Å². The molecule has 3 aromatic rings. The van der Waals surface area contributed by atoms with Gasteiger partial charge in [-0.15, -0.1) is 0 Å². The molecule has 0 saturated carbocycles. The molecule has 1 heterocycles. The fourth-order valence-electron chi connectivity index (χ4n) is 2.48. The minimum Gasteiger partial charge on any atom is -0.372 e. The van der Waals surface area contributed by atoms with E-state index < -0.39 is 11.5 Å². The van der Waals surface area contributed by atoms with Crippen molar-refractivity contribution in [3.05, 3.63) is 102 Å². The van der Waals surface area contributed by atoms with E-state index in [0.717, 1.165) is 5.56 Å². The quantitative estimate of drug-likeness (QED) is 0.557. The van der Waals surface area contributed by atoms with Crippen molar-refractivity contribution in [3.8, 4) is 0 Å². The van der Waals surface area contributed by atoms with Gasteiger partial charge in [-0.05, 0) is 28.8 Å². The average Bonchev–Trinajstić information content (AvgIpc) is 2.69. The molecule has 0 spiro atoms. The van der Waals surface area contributed by atoms with Crippen LogP contribution >= 0.6 is 0 Å². The highest BCUT2D eigenvalue weighted by atomic mass is 16.3. The molecule has 0 bridgehead atoms. The molecular formula is C20H17N3O2. The average molecular weight is 331 g/mol. The minimum atomic E-state index is -1.84. The van der Waals surface area contributed by atoms with E-state index in [2.05, 4.69) is 15.5 Å². The van der Waals surface area contributed by atoms with Crippen molar-refractivity contribution in [3.63, 3.8) is 0 Å². The van der Waals surface area contributed by atoms with Crippen LogP contribution in [0.4, 0.5) is 0 Å². The molecule has 2 N–H and O–H groups in total. The molecule has 5 heteroatoms. The van der Waals surface area contributed by atoms with E-state index in [4.69, 9.17) is 0 Å². The van der Waals surface area contributed by atoms with Crippen LogP contribution in [0.1, 0.15) is 16.7 Å². The first kappa shape index (κ1) is 16.5. The van der Waals surface area contributed by atoms with Gasteiger partial charge in [0.25, 0.3) is 5.91 Å². The van der Waals surface area contributed by atoms with E-state index in [1.54, 1.807) is 73.1 Å². The van der Waals surface area contributed by atoms with E-state index in [1.807, 2.05) is 12.1 Å². The third-order valence-electron chi connectivity index (χ3n) is 3.80. The largest absolute Gasteiger partial charge is 0.372 e. The van der Waals surface area contributed by atoms with Crippen molar-refractivity contribution in [2.24, 2.45) is 5.10 Å². The number of aliphatic hydroxyl groups is 1. The summed E-state index contributed by atoms with van der Waals surface area (Å²) in [5, 5.41) is 15.2. The lowest BCUT2D eigenvalue weighted by Gasteiger charge is -2.27. The number of nitrogens with zero attached hydrogens (tertiary/aromatic N) is 2. The minimum absolute atomic E-state index is 0.470. The second kappa shape index (κ2) is 7.51. The van der Waals surface area contributed by atoms with Gasteiger partial charge >= 0.3 is 0 Å². The third-order valence-corrected chi connectivity index (χ3v) is 3.80. The molecule has 0 radical (unpaired) electrons. The summed E-state index contributed by atoms with van der Waals surface area (Å²) >= 11 is 0. The normalized spacial score (nSPS) is 11.4. The number of aromatic nitrogens is 1. The topological polar surface area (TPSA) is 74.6 Å². The SMILES string of the molecule is O=C(NN=Cc1ccncc1)C(O)(c1ccccc1)c1ccccc1. The Hall–Kier alpha value is -3.31. The van der Waals surface area contributed by atoms with Gasteiger partial charge in [-0.25, -0.2) is 5.43 Å². The molecule has 1 amide bonds. The van der Waals surface area contributed by atoms with Gasteiger partial charge in [0.15, 0.2) is 5.60 Å². The van der Waals surface area contributed by atoms with Gasteiger partial charge in [0.2, 0.25) is 0 Å². The standard InChI is InChI=1S/C20H17N3O2/c24-19(23-22-15-16-11-13-21-14-12-16)20(25,17-7-3-1-4-8-17)18-9-5-2-6-10-18/h1-15,25H,(H,23,24). The Morgan fingerprint density at radius 3 is 1.96 bits per heavy atom. The molecule has 2 aromatic carbocycles. The summed E-state index contributed by atoms with van der Waals surface area (Å²) in [6.45, 7) is 0. The van der Waals surface area contributed by atoms with Crippen molar-refractivity contribution in [2.45, 2.75) is 5.60 Å². The highest BCUT2D eigenvalue weighted by molar-refractivity contribution is 5.91. The first-order valence-electron chi connectivity index (χ1n) is 7.78. The van der Waals surface area contributed by atoms with E-state index in [9.17, 15) is 9.90 Å². The molecule has 3 rings (SSSR count). The Balaban J connectivity index is 1.90. The Morgan fingerprint density at radius 1 is 0.920 bits per heavy atom. The molecule has 25 heavy (non-hydrogen) atoms. The fraction of sp³-hybridized carbons (Fsp3) is 0.0500. The number of carbonyl (C=O) groups excluding carboxylic acids is 1. The molecule has 0 unspecified atom stereocenters. The van der Waals surface area contributed by atoms with E-state index >= 15 is 0 Å².